The summed E-state index contributed by atoms with van der Waals surface area (Å²) in [5, 5.41) is 0.274. The summed E-state index contributed by atoms with van der Waals surface area (Å²) in [6.07, 6.45) is 3.16. The van der Waals surface area contributed by atoms with E-state index in [4.69, 9.17) is 69.6 Å². The molecule has 0 nitrogen and oxygen atoms in total. The minimum absolute atomic E-state index is 0.0638. The molecule has 8 heteroatoms. The van der Waals surface area contributed by atoms with Gasteiger partial charge in [-0.1, -0.05) is 21.6 Å². The summed E-state index contributed by atoms with van der Waals surface area (Å²) in [7, 11) is 3.46. The van der Waals surface area contributed by atoms with Crippen LogP contribution in [0.3, 0.4) is 0 Å². The molecule has 122 valence electrons. The summed E-state index contributed by atoms with van der Waals surface area (Å²) in [5.74, 6) is 2.87. The number of hydrogen-bond acceptors (Lipinski definition) is 2. The molecule has 0 spiro atoms. The van der Waals surface area contributed by atoms with Crippen LogP contribution in [0, 0.1) is 0 Å². The van der Waals surface area contributed by atoms with Crippen LogP contribution in [-0.4, -0.2) is 44.8 Å². The van der Waals surface area contributed by atoms with E-state index < -0.39 is 0 Å². The Morgan fingerprint density at radius 2 is 0.950 bits per heavy atom. The van der Waals surface area contributed by atoms with Gasteiger partial charge in [0.1, 0.15) is 0 Å². The monoisotopic (exact) mass is 438 g/mol. The van der Waals surface area contributed by atoms with Crippen LogP contribution in [0.25, 0.3) is 0 Å². The molecule has 0 heterocycles. The van der Waals surface area contributed by atoms with Crippen LogP contribution in [0.2, 0.25) is 0 Å². The van der Waals surface area contributed by atoms with E-state index in [1.165, 1.54) is 0 Å². The van der Waals surface area contributed by atoms with Gasteiger partial charge in [0, 0.05) is 44.8 Å². The Balaban J connectivity index is 3.54. The van der Waals surface area contributed by atoms with Crippen molar-refractivity contribution in [1.29, 1.82) is 0 Å². The van der Waals surface area contributed by atoms with E-state index in [2.05, 4.69) is 0 Å². The minimum atomic E-state index is 0.0638. The first-order valence-corrected chi connectivity index (χ1v) is 11.7. The Morgan fingerprint density at radius 1 is 0.600 bits per heavy atom. The molecule has 0 aliphatic carbocycles. The highest BCUT2D eigenvalue weighted by molar-refractivity contribution is 8.76. The Kier molecular flexibility index (Phi) is 16.8. The summed E-state index contributed by atoms with van der Waals surface area (Å²) in [4.78, 5) is 0. The fourth-order valence-corrected chi connectivity index (χ4v) is 6.57. The third-order valence-corrected chi connectivity index (χ3v) is 7.27. The van der Waals surface area contributed by atoms with Crippen LogP contribution in [0.15, 0.2) is 0 Å². The first kappa shape index (κ1) is 22.4. The molecule has 0 aliphatic rings. The zero-order chi connectivity index (χ0) is 15.4. The molecular weight excluding hydrogens is 421 g/mol. The molecule has 4 unspecified atom stereocenters. The molecule has 4 atom stereocenters. The topological polar surface area (TPSA) is 0 Å². The third kappa shape index (κ3) is 14.1. The van der Waals surface area contributed by atoms with E-state index >= 15 is 0 Å². The van der Waals surface area contributed by atoms with Crippen LogP contribution >= 0.6 is 91.2 Å². The third-order valence-electron chi connectivity index (χ3n) is 2.45. The largest absolute Gasteiger partial charge is 0.127 e. The highest BCUT2D eigenvalue weighted by Crippen LogP contribution is 2.29. The lowest BCUT2D eigenvalue weighted by Gasteiger charge is -2.14. The van der Waals surface area contributed by atoms with Crippen molar-refractivity contribution < 1.29 is 0 Å². The highest BCUT2D eigenvalue weighted by atomic mass is 35.5. The first-order chi connectivity index (χ1) is 9.49. The van der Waals surface area contributed by atoms with Gasteiger partial charge in [0.05, 0.1) is 0 Å². The van der Waals surface area contributed by atoms with Crippen molar-refractivity contribution in [2.45, 2.75) is 47.2 Å². The summed E-state index contributed by atoms with van der Waals surface area (Å²) < 4.78 is 0. The first-order valence-electron chi connectivity index (χ1n) is 6.42. The molecule has 20 heavy (non-hydrogen) atoms. The second-order valence-corrected chi connectivity index (χ2v) is 10.2. The van der Waals surface area contributed by atoms with Gasteiger partial charge in [-0.15, -0.1) is 69.6 Å². The van der Waals surface area contributed by atoms with Crippen molar-refractivity contribution in [2.75, 3.05) is 23.3 Å². The number of halogens is 6. The molecule has 0 bridgehead atoms. The molecule has 0 radical (unpaired) electrons. The van der Waals surface area contributed by atoms with Gasteiger partial charge in [0.2, 0.25) is 0 Å². The van der Waals surface area contributed by atoms with E-state index in [0.29, 0.717) is 11.8 Å². The van der Waals surface area contributed by atoms with E-state index in [1.54, 1.807) is 21.6 Å². The van der Waals surface area contributed by atoms with E-state index in [9.17, 15) is 0 Å². The van der Waals surface area contributed by atoms with Crippen molar-refractivity contribution in [2.24, 2.45) is 0 Å². The quantitative estimate of drug-likeness (QED) is 0.175. The van der Waals surface area contributed by atoms with Crippen LogP contribution in [-0.2, 0) is 0 Å². The maximum Gasteiger partial charge on any atom is 0.0448 e. The predicted molar refractivity (Wildman–Crippen MR) is 103 cm³/mol. The van der Waals surface area contributed by atoms with Gasteiger partial charge in [-0.25, -0.2) is 0 Å². The maximum absolute atomic E-state index is 6.22. The standard InChI is InChI=1S/C12H20Cl6S2/c13-3-1-9(15)5-11(17)7-19-20-8-12(18)6-10(16)2-4-14/h9-12H,1-8H2. The lowest BCUT2D eigenvalue weighted by molar-refractivity contribution is 0.724. The summed E-state index contributed by atoms with van der Waals surface area (Å²) in [5.41, 5.74) is 0. The minimum Gasteiger partial charge on any atom is -0.127 e. The molecule has 0 aromatic heterocycles. The van der Waals surface area contributed by atoms with Gasteiger partial charge in [-0.2, -0.15) is 0 Å². The van der Waals surface area contributed by atoms with Crippen LogP contribution in [0.1, 0.15) is 25.7 Å². The maximum atomic E-state index is 6.22. The van der Waals surface area contributed by atoms with Crippen molar-refractivity contribution in [3.05, 3.63) is 0 Å². The molecule has 0 rings (SSSR count). The Hall–Kier alpha value is 2.44. The average Bonchev–Trinajstić information content (AvgIpc) is 2.35. The molecule has 0 fully saturated rings. The predicted octanol–water partition coefficient (Wildman–Crippen LogP) is 6.84. The van der Waals surface area contributed by atoms with Gasteiger partial charge >= 0.3 is 0 Å². The van der Waals surface area contributed by atoms with Crippen molar-refractivity contribution in [3.63, 3.8) is 0 Å². The van der Waals surface area contributed by atoms with Crippen LogP contribution in [0.4, 0.5) is 0 Å². The highest BCUT2D eigenvalue weighted by Gasteiger charge is 2.14. The fraction of sp³-hybridized carbons (Fsp3) is 1.00. The van der Waals surface area contributed by atoms with Gasteiger partial charge in [-0.05, 0) is 25.7 Å². The number of rotatable bonds is 13. The summed E-state index contributed by atoms with van der Waals surface area (Å²) in [6, 6.07) is 0. The lowest BCUT2D eigenvalue weighted by atomic mass is 10.2. The van der Waals surface area contributed by atoms with E-state index in [0.717, 1.165) is 37.2 Å². The average molecular weight is 441 g/mol. The molecular formula is C12H20Cl6S2. The molecule has 0 aromatic rings. The molecule has 0 saturated carbocycles. The van der Waals surface area contributed by atoms with Crippen molar-refractivity contribution in [1.82, 2.24) is 0 Å². The van der Waals surface area contributed by atoms with Gasteiger partial charge in [0.25, 0.3) is 0 Å². The fourth-order valence-electron chi connectivity index (χ4n) is 1.41. The zero-order valence-corrected chi connectivity index (χ0v) is 17.2. The second-order valence-electron chi connectivity index (χ2n) is 4.38. The van der Waals surface area contributed by atoms with Crippen molar-refractivity contribution in [3.8, 4) is 0 Å². The van der Waals surface area contributed by atoms with E-state index in [1.807, 2.05) is 0 Å². The number of alkyl halides is 6. The van der Waals surface area contributed by atoms with Gasteiger partial charge in [0.15, 0.2) is 0 Å². The summed E-state index contributed by atoms with van der Waals surface area (Å²) in [6.45, 7) is 0. The van der Waals surface area contributed by atoms with Gasteiger partial charge in [-0.3, -0.25) is 0 Å². The molecule has 0 aliphatic heterocycles. The zero-order valence-electron chi connectivity index (χ0n) is 11.1. The normalized spacial score (nSPS) is 17.7. The lowest BCUT2D eigenvalue weighted by Crippen LogP contribution is -2.12. The molecule has 0 amide bonds. The molecule has 0 N–H and O–H groups in total. The molecule has 0 saturated heterocycles. The second kappa shape index (κ2) is 15.0. The Labute approximate surface area is 160 Å². The van der Waals surface area contributed by atoms with Crippen LogP contribution < -0.4 is 0 Å². The van der Waals surface area contributed by atoms with Gasteiger partial charge < -0.3 is 0 Å². The van der Waals surface area contributed by atoms with Crippen molar-refractivity contribution >= 4 is 91.2 Å². The Morgan fingerprint density at radius 3 is 1.25 bits per heavy atom. The van der Waals surface area contributed by atoms with E-state index in [-0.39, 0.29) is 21.5 Å². The Bertz CT molecular complexity index is 200. The smallest absolute Gasteiger partial charge is 0.0448 e. The molecule has 0 aromatic carbocycles. The number of hydrogen-bond donors (Lipinski definition) is 0. The summed E-state index contributed by atoms with van der Waals surface area (Å²) >= 11 is 35.9. The van der Waals surface area contributed by atoms with Crippen LogP contribution in [0.5, 0.6) is 0 Å². The SMILES string of the molecule is ClCCC(Cl)CC(Cl)CSSCC(Cl)CC(Cl)CCCl.